The van der Waals surface area contributed by atoms with Crippen molar-refractivity contribution in [3.8, 4) is 5.75 Å². The summed E-state index contributed by atoms with van der Waals surface area (Å²) in [5.74, 6) is -2.69. The van der Waals surface area contributed by atoms with Crippen LogP contribution in [0, 0.1) is 0 Å². The molecule has 0 fully saturated rings. The molecular weight excluding hydrogens is 371 g/mol. The zero-order valence-corrected chi connectivity index (χ0v) is 13.8. The maximum Gasteiger partial charge on any atom is 0.402 e. The molecule has 1 aromatic rings. The molecule has 0 amide bonds. The molecule has 1 aromatic carbocycles. The van der Waals surface area contributed by atoms with E-state index < -0.39 is 33.9 Å². The summed E-state index contributed by atoms with van der Waals surface area (Å²) < 4.78 is 63.5. The number of ether oxygens (including phenoxy) is 2. The van der Waals surface area contributed by atoms with Crippen LogP contribution in [0.3, 0.4) is 0 Å². The van der Waals surface area contributed by atoms with Gasteiger partial charge < -0.3 is 9.47 Å². The zero-order valence-electron chi connectivity index (χ0n) is 13.0. The van der Waals surface area contributed by atoms with Gasteiger partial charge in [0.25, 0.3) is 0 Å². The number of hydrogen-bond acceptors (Lipinski definition) is 6. The minimum absolute atomic E-state index is 0.00238. The predicted octanol–water partition coefficient (Wildman–Crippen LogP) is -1.57. The normalized spacial score (nSPS) is 12.1. The Hall–Kier alpha value is -2.14. The van der Waals surface area contributed by atoms with Crippen LogP contribution in [0.15, 0.2) is 24.3 Å². The highest BCUT2D eigenvalue weighted by Gasteiger charge is 2.45. The number of rotatable bonds is 7. The molecule has 13 heteroatoms. The summed E-state index contributed by atoms with van der Waals surface area (Å²) in [6, 6.07) is 2.71. The molecule has 0 aliphatic heterocycles. The number of alkyl halides is 2. The van der Waals surface area contributed by atoms with Crippen LogP contribution in [-0.2, 0) is 30.8 Å². The molecule has 0 aliphatic carbocycles. The van der Waals surface area contributed by atoms with Crippen LogP contribution in [-0.4, -0.2) is 60.3 Å². The van der Waals surface area contributed by atoms with Gasteiger partial charge in [0.05, 0.1) is 7.85 Å². The van der Waals surface area contributed by atoms with E-state index in [-0.39, 0.29) is 23.0 Å². The maximum atomic E-state index is 12.9. The number of carbonyl (C=O) groups excluding carboxylic acids is 2. The van der Waals surface area contributed by atoms with Gasteiger partial charge >= 0.3 is 27.3 Å². The van der Waals surface area contributed by atoms with Gasteiger partial charge in [0.15, 0.2) is 6.61 Å². The smallest absolute Gasteiger partial charge is 0.402 e. The summed E-state index contributed by atoms with van der Waals surface area (Å²) in [6.07, 6.45) is 0.885. The Bertz CT molecular complexity index is 840. The van der Waals surface area contributed by atoms with Crippen LogP contribution in [0.4, 0.5) is 8.78 Å². The summed E-state index contributed by atoms with van der Waals surface area (Å²) in [7, 11) is 10.9. The standard InChI is InChI=1S/C13H9B3F2O7S/c14-5-7-3-8(15)4-9(16)12(7)25-11(20)2-1-10(19)24-6-13(17,18)26(21,22)23/h1-4H,5-6H2,(H,21,22,23)/b2-1-. The summed E-state index contributed by atoms with van der Waals surface area (Å²) in [5.41, 5.74) is 0.587. The average Bonchev–Trinajstić information content (AvgIpc) is 2.52. The summed E-state index contributed by atoms with van der Waals surface area (Å²) in [6.45, 7) is -1.94. The van der Waals surface area contributed by atoms with E-state index in [4.69, 9.17) is 32.8 Å². The second kappa shape index (κ2) is 8.50. The highest BCUT2D eigenvalue weighted by molar-refractivity contribution is 7.86. The molecular formula is C13H9B3F2O7S. The van der Waals surface area contributed by atoms with Crippen LogP contribution in [0.1, 0.15) is 5.56 Å². The van der Waals surface area contributed by atoms with E-state index in [1.807, 2.05) is 0 Å². The number of benzene rings is 1. The second-order valence-corrected chi connectivity index (χ2v) is 6.32. The van der Waals surface area contributed by atoms with Gasteiger partial charge in [0.2, 0.25) is 0 Å². The lowest BCUT2D eigenvalue weighted by Gasteiger charge is -2.13. The summed E-state index contributed by atoms with van der Waals surface area (Å²) >= 11 is 0. The molecule has 1 N–H and O–H groups in total. The summed E-state index contributed by atoms with van der Waals surface area (Å²) in [4.78, 5) is 22.9. The molecule has 132 valence electrons. The first-order valence-corrected chi connectivity index (χ1v) is 8.11. The first-order valence-electron chi connectivity index (χ1n) is 6.67. The van der Waals surface area contributed by atoms with Gasteiger partial charge in [0, 0.05) is 12.2 Å². The van der Waals surface area contributed by atoms with Crippen molar-refractivity contribution in [2.24, 2.45) is 0 Å². The van der Waals surface area contributed by atoms with Gasteiger partial charge in [-0.1, -0.05) is 29.4 Å². The first-order chi connectivity index (χ1) is 11.9. The van der Waals surface area contributed by atoms with Gasteiger partial charge in [-0.05, 0) is 5.56 Å². The Labute approximate surface area is 151 Å². The van der Waals surface area contributed by atoms with Crippen LogP contribution in [0.25, 0.3) is 0 Å². The molecule has 0 saturated carbocycles. The van der Waals surface area contributed by atoms with Crippen LogP contribution < -0.4 is 15.7 Å². The lowest BCUT2D eigenvalue weighted by Crippen LogP contribution is -2.34. The quantitative estimate of drug-likeness (QED) is 0.200. The Morgan fingerprint density at radius 3 is 2.31 bits per heavy atom. The summed E-state index contributed by atoms with van der Waals surface area (Å²) in [5, 5.41) is -4.69. The third-order valence-corrected chi connectivity index (χ3v) is 3.63. The molecule has 0 atom stereocenters. The lowest BCUT2D eigenvalue weighted by atomic mass is 9.81. The van der Waals surface area contributed by atoms with Crippen molar-refractivity contribution in [1.82, 2.24) is 0 Å². The predicted molar refractivity (Wildman–Crippen MR) is 88.9 cm³/mol. The van der Waals surface area contributed by atoms with Gasteiger partial charge in [0.1, 0.15) is 21.4 Å². The van der Waals surface area contributed by atoms with E-state index in [2.05, 4.69) is 4.74 Å². The Morgan fingerprint density at radius 1 is 1.19 bits per heavy atom. The van der Waals surface area contributed by atoms with Gasteiger partial charge in [-0.15, -0.1) is 0 Å². The van der Waals surface area contributed by atoms with Gasteiger partial charge in [-0.25, -0.2) is 9.59 Å². The highest BCUT2D eigenvalue weighted by atomic mass is 32.2. The van der Waals surface area contributed by atoms with Crippen molar-refractivity contribution in [2.75, 3.05) is 6.61 Å². The zero-order chi connectivity index (χ0) is 20.1. The molecule has 0 saturated heterocycles. The number of halogens is 2. The number of hydrogen-bond donors (Lipinski definition) is 1. The minimum Gasteiger partial charge on any atom is -0.455 e. The van der Waals surface area contributed by atoms with Gasteiger partial charge in [-0.2, -0.15) is 17.2 Å². The molecule has 0 unspecified atom stereocenters. The van der Waals surface area contributed by atoms with Crippen LogP contribution >= 0.6 is 0 Å². The van der Waals surface area contributed by atoms with Crippen LogP contribution in [0.2, 0.25) is 0 Å². The fourth-order valence-corrected chi connectivity index (χ4v) is 1.77. The third-order valence-electron chi connectivity index (χ3n) is 2.75. The minimum atomic E-state index is -5.75. The van der Waals surface area contributed by atoms with Crippen molar-refractivity contribution in [3.05, 3.63) is 29.8 Å². The molecule has 1 rings (SSSR count). The Balaban J connectivity index is 2.73. The molecule has 0 aromatic heterocycles. The van der Waals surface area contributed by atoms with E-state index in [0.717, 1.165) is 0 Å². The number of carbonyl (C=O) groups is 2. The first kappa shape index (κ1) is 21.9. The van der Waals surface area contributed by atoms with E-state index in [9.17, 15) is 26.8 Å². The molecule has 7 nitrogen and oxygen atoms in total. The largest absolute Gasteiger partial charge is 0.455 e. The molecule has 26 heavy (non-hydrogen) atoms. The third kappa shape index (κ3) is 5.99. The lowest BCUT2D eigenvalue weighted by molar-refractivity contribution is -0.144. The molecule has 0 bridgehead atoms. The van der Waals surface area contributed by atoms with Crippen molar-refractivity contribution < 1.29 is 40.8 Å². The van der Waals surface area contributed by atoms with Crippen molar-refractivity contribution in [1.29, 1.82) is 0 Å². The monoisotopic (exact) mass is 380 g/mol. The Kier molecular flexibility index (Phi) is 7.16. The van der Waals surface area contributed by atoms with Crippen molar-refractivity contribution >= 4 is 56.5 Å². The maximum absolute atomic E-state index is 12.9. The molecule has 0 aliphatic rings. The van der Waals surface area contributed by atoms with E-state index >= 15 is 0 Å². The number of esters is 2. The van der Waals surface area contributed by atoms with E-state index in [0.29, 0.717) is 17.7 Å². The van der Waals surface area contributed by atoms with E-state index in [1.54, 1.807) is 0 Å². The second-order valence-electron chi connectivity index (χ2n) is 4.78. The molecule has 0 spiro atoms. The van der Waals surface area contributed by atoms with E-state index in [1.165, 1.54) is 12.1 Å². The SMILES string of the molecule is [B]Cc1cc([B])cc([B])c1OC(=O)/C=C\C(=O)OCC(F)(F)S(=O)(=O)O. The van der Waals surface area contributed by atoms with Gasteiger partial charge in [-0.3, -0.25) is 4.55 Å². The van der Waals surface area contributed by atoms with Crippen molar-refractivity contribution in [2.45, 2.75) is 11.6 Å². The Morgan fingerprint density at radius 2 is 1.77 bits per heavy atom. The highest BCUT2D eigenvalue weighted by Crippen LogP contribution is 2.20. The topological polar surface area (TPSA) is 107 Å². The average molecular weight is 380 g/mol. The molecule has 0 heterocycles. The molecule has 6 radical (unpaired) electrons. The van der Waals surface area contributed by atoms with Crippen molar-refractivity contribution in [3.63, 3.8) is 0 Å². The fourth-order valence-electron chi connectivity index (χ4n) is 1.56. The fraction of sp³-hybridized carbons (Fsp3) is 0.231. The van der Waals surface area contributed by atoms with Crippen LogP contribution in [0.5, 0.6) is 5.75 Å².